The molecule has 3 atom stereocenters. The van der Waals surface area contributed by atoms with E-state index in [-0.39, 0.29) is 17.8 Å². The van der Waals surface area contributed by atoms with E-state index in [9.17, 15) is 4.79 Å². The molecule has 1 aliphatic rings. The molecule has 7 nitrogen and oxygen atoms in total. The molecule has 7 heteroatoms. The van der Waals surface area contributed by atoms with Crippen molar-refractivity contribution in [3.8, 4) is 23.0 Å². The van der Waals surface area contributed by atoms with Crippen LogP contribution in [0.5, 0.6) is 23.0 Å². The normalized spacial score (nSPS) is 18.1. The second-order valence-electron chi connectivity index (χ2n) is 10.4. The number of ether oxygens (including phenoxy) is 6. The molecular formula is C33H48O7. The molecule has 3 unspecified atom stereocenters. The first-order valence-electron chi connectivity index (χ1n) is 14.8. The molecule has 0 radical (unpaired) electrons. The second-order valence-corrected chi connectivity index (χ2v) is 10.4. The third kappa shape index (κ3) is 7.84. The van der Waals surface area contributed by atoms with Crippen LogP contribution in [0.15, 0.2) is 30.3 Å². The predicted octanol–water partition coefficient (Wildman–Crippen LogP) is 6.97. The third-order valence-corrected chi connectivity index (χ3v) is 7.62. The molecule has 0 saturated carbocycles. The van der Waals surface area contributed by atoms with Crippen LogP contribution >= 0.6 is 0 Å². The number of rotatable bonds is 17. The SMILES string of the molecule is CCCCOCC1Cc2cc(OC)c(OC)cc2C(c2ccc(OCCCC)c(OC)c2)C1C(=O)OCCCC. The van der Waals surface area contributed by atoms with Crippen LogP contribution in [0.4, 0.5) is 0 Å². The number of esters is 1. The molecule has 40 heavy (non-hydrogen) atoms. The maximum absolute atomic E-state index is 13.8. The summed E-state index contributed by atoms with van der Waals surface area (Å²) in [5, 5.41) is 0. The van der Waals surface area contributed by atoms with Crippen LogP contribution < -0.4 is 18.9 Å². The fraction of sp³-hybridized carbons (Fsp3) is 0.606. The van der Waals surface area contributed by atoms with Crippen LogP contribution in [-0.2, 0) is 20.7 Å². The van der Waals surface area contributed by atoms with E-state index in [1.165, 1.54) is 0 Å². The highest BCUT2D eigenvalue weighted by atomic mass is 16.5. The lowest BCUT2D eigenvalue weighted by molar-refractivity contribution is -0.152. The highest BCUT2D eigenvalue weighted by Gasteiger charge is 2.44. The smallest absolute Gasteiger partial charge is 0.310 e. The summed E-state index contributed by atoms with van der Waals surface area (Å²) >= 11 is 0. The lowest BCUT2D eigenvalue weighted by atomic mass is 9.66. The van der Waals surface area contributed by atoms with E-state index >= 15 is 0 Å². The van der Waals surface area contributed by atoms with Crippen molar-refractivity contribution in [2.45, 2.75) is 71.6 Å². The zero-order valence-electron chi connectivity index (χ0n) is 25.3. The largest absolute Gasteiger partial charge is 0.493 e. The van der Waals surface area contributed by atoms with Crippen molar-refractivity contribution < 1.29 is 33.2 Å². The lowest BCUT2D eigenvalue weighted by Gasteiger charge is -2.39. The molecular weight excluding hydrogens is 508 g/mol. The summed E-state index contributed by atoms with van der Waals surface area (Å²) < 4.78 is 35.1. The maximum atomic E-state index is 13.8. The highest BCUT2D eigenvalue weighted by molar-refractivity contribution is 5.76. The quantitative estimate of drug-likeness (QED) is 0.154. The number of carbonyl (C=O) groups is 1. The molecule has 0 N–H and O–H groups in total. The minimum absolute atomic E-state index is 0.0620. The molecule has 0 bridgehead atoms. The number of benzene rings is 2. The number of unbranched alkanes of at least 4 members (excludes halogenated alkanes) is 3. The van der Waals surface area contributed by atoms with Crippen molar-refractivity contribution in [2.24, 2.45) is 11.8 Å². The second kappa shape index (κ2) is 16.4. The standard InChI is InChI=1S/C33H48O7/c1-7-10-15-38-22-25-18-24-20-29(36-5)30(37-6)21-26(24)31(32(25)33(34)40-17-12-9-3)23-13-14-27(28(19-23)35-4)39-16-11-8-2/h13-14,19-21,25,31-32H,7-12,15-18,22H2,1-6H3. The van der Waals surface area contributed by atoms with Gasteiger partial charge in [-0.3, -0.25) is 4.79 Å². The number of fused-ring (bicyclic) bond motifs is 1. The summed E-state index contributed by atoms with van der Waals surface area (Å²) in [4.78, 5) is 13.8. The summed E-state index contributed by atoms with van der Waals surface area (Å²) in [6.07, 6.45) is 6.53. The molecule has 2 aromatic carbocycles. The minimum atomic E-state index is -0.430. The monoisotopic (exact) mass is 556 g/mol. The van der Waals surface area contributed by atoms with E-state index in [0.717, 1.165) is 55.2 Å². The molecule has 2 aromatic rings. The van der Waals surface area contributed by atoms with Crippen LogP contribution in [0.25, 0.3) is 0 Å². The van der Waals surface area contributed by atoms with E-state index in [1.54, 1.807) is 21.3 Å². The van der Waals surface area contributed by atoms with Gasteiger partial charge in [0.2, 0.25) is 0 Å². The molecule has 0 aliphatic heterocycles. The highest BCUT2D eigenvalue weighted by Crippen LogP contribution is 2.49. The van der Waals surface area contributed by atoms with Gasteiger partial charge in [-0.15, -0.1) is 0 Å². The van der Waals surface area contributed by atoms with Crippen LogP contribution in [0.1, 0.15) is 81.9 Å². The number of hydrogen-bond donors (Lipinski definition) is 0. The van der Waals surface area contributed by atoms with Gasteiger partial charge in [0, 0.05) is 18.4 Å². The topological polar surface area (TPSA) is 72.5 Å². The lowest BCUT2D eigenvalue weighted by Crippen LogP contribution is -2.39. The van der Waals surface area contributed by atoms with Gasteiger partial charge in [0.15, 0.2) is 23.0 Å². The van der Waals surface area contributed by atoms with E-state index in [0.29, 0.717) is 55.8 Å². The van der Waals surface area contributed by atoms with E-state index in [2.05, 4.69) is 20.8 Å². The Kier molecular flexibility index (Phi) is 12.9. The first-order chi connectivity index (χ1) is 19.5. The van der Waals surface area contributed by atoms with Crippen molar-refractivity contribution >= 4 is 5.97 Å². The fourth-order valence-electron chi connectivity index (χ4n) is 5.37. The molecule has 222 valence electrons. The fourth-order valence-corrected chi connectivity index (χ4v) is 5.37. The third-order valence-electron chi connectivity index (χ3n) is 7.62. The average molecular weight is 557 g/mol. The molecule has 1 aliphatic carbocycles. The van der Waals surface area contributed by atoms with Gasteiger partial charge in [0.1, 0.15) is 0 Å². The minimum Gasteiger partial charge on any atom is -0.493 e. The molecule has 0 aromatic heterocycles. The van der Waals surface area contributed by atoms with Crippen LogP contribution in [0.3, 0.4) is 0 Å². The Hall–Kier alpha value is -2.93. The maximum Gasteiger partial charge on any atom is 0.310 e. The Morgan fingerprint density at radius 1 is 0.775 bits per heavy atom. The Labute approximate surface area is 240 Å². The average Bonchev–Trinajstić information content (AvgIpc) is 2.98. The van der Waals surface area contributed by atoms with Gasteiger partial charge in [-0.2, -0.15) is 0 Å². The first-order valence-corrected chi connectivity index (χ1v) is 14.8. The van der Waals surface area contributed by atoms with Gasteiger partial charge in [0.05, 0.1) is 47.1 Å². The van der Waals surface area contributed by atoms with Crippen LogP contribution in [0, 0.1) is 11.8 Å². The predicted molar refractivity (Wildman–Crippen MR) is 157 cm³/mol. The Balaban J connectivity index is 2.13. The number of hydrogen-bond acceptors (Lipinski definition) is 7. The Bertz CT molecular complexity index is 1070. The zero-order chi connectivity index (χ0) is 28.9. The summed E-state index contributed by atoms with van der Waals surface area (Å²) in [7, 11) is 4.93. The van der Waals surface area contributed by atoms with Crippen molar-refractivity contribution in [1.29, 1.82) is 0 Å². The summed E-state index contributed by atoms with van der Waals surface area (Å²) in [5.74, 6) is 1.69. The summed E-state index contributed by atoms with van der Waals surface area (Å²) in [6, 6.07) is 10.0. The van der Waals surface area contributed by atoms with Gasteiger partial charge in [-0.05, 0) is 66.6 Å². The van der Waals surface area contributed by atoms with Gasteiger partial charge < -0.3 is 28.4 Å². The summed E-state index contributed by atoms with van der Waals surface area (Å²) in [5.41, 5.74) is 3.11. The van der Waals surface area contributed by atoms with Gasteiger partial charge in [-0.25, -0.2) is 0 Å². The molecule has 0 spiro atoms. The molecule has 0 fully saturated rings. The van der Waals surface area contributed by atoms with Crippen LogP contribution in [0.2, 0.25) is 0 Å². The van der Waals surface area contributed by atoms with Crippen molar-refractivity contribution in [3.63, 3.8) is 0 Å². The van der Waals surface area contributed by atoms with Crippen LogP contribution in [-0.4, -0.2) is 53.7 Å². The van der Waals surface area contributed by atoms with E-state index in [4.69, 9.17) is 28.4 Å². The first kappa shape index (κ1) is 31.6. The van der Waals surface area contributed by atoms with E-state index < -0.39 is 5.92 Å². The number of methoxy groups -OCH3 is 3. The summed E-state index contributed by atoms with van der Waals surface area (Å²) in [6.45, 7) is 8.56. The molecule has 0 amide bonds. The van der Waals surface area contributed by atoms with Crippen molar-refractivity contribution in [3.05, 3.63) is 47.0 Å². The Morgan fingerprint density at radius 2 is 1.40 bits per heavy atom. The van der Waals surface area contributed by atoms with Gasteiger partial charge >= 0.3 is 5.97 Å². The number of carbonyl (C=O) groups excluding carboxylic acids is 1. The Morgan fingerprint density at radius 3 is 2.08 bits per heavy atom. The van der Waals surface area contributed by atoms with Crippen molar-refractivity contribution in [1.82, 2.24) is 0 Å². The van der Waals surface area contributed by atoms with Crippen molar-refractivity contribution in [2.75, 3.05) is 47.8 Å². The van der Waals surface area contributed by atoms with Gasteiger partial charge in [-0.1, -0.05) is 46.1 Å². The molecule has 3 rings (SSSR count). The molecule has 0 saturated heterocycles. The zero-order valence-corrected chi connectivity index (χ0v) is 25.3. The van der Waals surface area contributed by atoms with E-state index in [1.807, 2.05) is 30.3 Å². The molecule has 0 heterocycles. The van der Waals surface area contributed by atoms with Gasteiger partial charge in [0.25, 0.3) is 0 Å².